The molecule has 2 aromatic rings. The summed E-state index contributed by atoms with van der Waals surface area (Å²) in [5.74, 6) is -2.38. The Labute approximate surface area is 177 Å². The Kier molecular flexibility index (Phi) is 6.77. The van der Waals surface area contributed by atoms with E-state index in [2.05, 4.69) is 5.32 Å². The van der Waals surface area contributed by atoms with Gasteiger partial charge >= 0.3 is 5.97 Å². The Morgan fingerprint density at radius 2 is 1.90 bits per heavy atom. The van der Waals surface area contributed by atoms with Crippen LogP contribution in [0.25, 0.3) is 0 Å². The molecule has 1 aromatic carbocycles. The first kappa shape index (κ1) is 23.2. The molecule has 7 nitrogen and oxygen atoms in total. The molecule has 0 radical (unpaired) electrons. The number of benzene rings is 1. The van der Waals surface area contributed by atoms with Crippen molar-refractivity contribution in [2.45, 2.75) is 39.7 Å². The van der Waals surface area contributed by atoms with Crippen molar-refractivity contribution in [3.63, 3.8) is 0 Å². The van der Waals surface area contributed by atoms with Gasteiger partial charge in [-0.1, -0.05) is 13.8 Å². The molecule has 0 fully saturated rings. The number of amidine groups is 1. The maximum absolute atomic E-state index is 14.1. The van der Waals surface area contributed by atoms with Crippen molar-refractivity contribution in [2.75, 3.05) is 0 Å². The first-order valence-electron chi connectivity index (χ1n) is 9.08. The normalized spacial score (nSPS) is 11.6. The van der Waals surface area contributed by atoms with Crippen molar-refractivity contribution in [3.05, 3.63) is 51.5 Å². The average molecular weight is 434 g/mol. The number of esters is 1. The van der Waals surface area contributed by atoms with Crippen molar-refractivity contribution in [2.24, 2.45) is 11.1 Å². The lowest BCUT2D eigenvalue weighted by atomic mass is 9.86. The second-order valence-corrected chi connectivity index (χ2v) is 9.24. The molecule has 9 heteroatoms. The summed E-state index contributed by atoms with van der Waals surface area (Å²) in [5, 5.41) is 9.99. The number of thiophene rings is 1. The standard InChI is InChI=1S/C21H24FN3O4S/c1-20(2,19(28)25-21(3,4)11-26)10-13-6-8-16(30-13)18(27)29-15-7-5-12(17(23)24)9-14(15)22/h5-9,11H,10H2,1-4H3,(H3,23,24)(H,25,28). The SMILES string of the molecule is CC(C)(C=O)NC(=O)C(C)(C)Cc1ccc(C(=O)Oc2ccc(C(=N)N)cc2F)s1. The number of carbonyl (C=O) groups excluding carboxylic acids is 3. The molecule has 1 amide bonds. The highest BCUT2D eigenvalue weighted by atomic mass is 32.1. The molecule has 1 aromatic heterocycles. The fraction of sp³-hybridized carbons (Fsp3) is 0.333. The number of amides is 1. The first-order chi connectivity index (χ1) is 13.8. The highest BCUT2D eigenvalue weighted by Gasteiger charge is 2.32. The molecule has 0 atom stereocenters. The van der Waals surface area contributed by atoms with Crippen LogP contribution in [0, 0.1) is 16.6 Å². The van der Waals surface area contributed by atoms with Gasteiger partial charge in [0, 0.05) is 15.9 Å². The van der Waals surface area contributed by atoms with Crippen molar-refractivity contribution >= 4 is 35.3 Å². The molecule has 160 valence electrons. The van der Waals surface area contributed by atoms with Crippen LogP contribution in [0.2, 0.25) is 0 Å². The zero-order valence-electron chi connectivity index (χ0n) is 17.2. The number of aldehydes is 1. The van der Waals surface area contributed by atoms with Crippen LogP contribution in [-0.2, 0) is 16.0 Å². The smallest absolute Gasteiger partial charge is 0.353 e. The molecular weight excluding hydrogens is 409 g/mol. The number of ether oxygens (including phenoxy) is 1. The molecule has 0 unspecified atom stereocenters. The summed E-state index contributed by atoms with van der Waals surface area (Å²) in [6, 6.07) is 6.90. The predicted molar refractivity (Wildman–Crippen MR) is 112 cm³/mol. The molecule has 0 aliphatic heterocycles. The largest absolute Gasteiger partial charge is 0.419 e. The monoisotopic (exact) mass is 433 g/mol. The van der Waals surface area contributed by atoms with Gasteiger partial charge in [-0.15, -0.1) is 11.3 Å². The molecule has 2 rings (SSSR count). The van der Waals surface area contributed by atoms with Gasteiger partial charge in [-0.3, -0.25) is 10.2 Å². The van der Waals surface area contributed by atoms with E-state index in [1.807, 2.05) is 0 Å². The van der Waals surface area contributed by atoms with Crippen LogP contribution in [0.1, 0.15) is 47.8 Å². The minimum atomic E-state index is -0.971. The van der Waals surface area contributed by atoms with Crippen molar-refractivity contribution in [1.29, 1.82) is 5.41 Å². The Morgan fingerprint density at radius 3 is 2.47 bits per heavy atom. The van der Waals surface area contributed by atoms with Crippen LogP contribution in [0.3, 0.4) is 0 Å². The average Bonchev–Trinajstić information content (AvgIpc) is 3.10. The third-order valence-electron chi connectivity index (χ3n) is 4.27. The minimum absolute atomic E-state index is 0.184. The van der Waals surface area contributed by atoms with E-state index >= 15 is 0 Å². The van der Waals surface area contributed by atoms with Crippen LogP contribution >= 0.6 is 11.3 Å². The number of nitrogen functional groups attached to an aromatic ring is 1. The fourth-order valence-electron chi connectivity index (χ4n) is 2.49. The Bertz CT molecular complexity index is 998. The lowest BCUT2D eigenvalue weighted by Crippen LogP contribution is -2.50. The van der Waals surface area contributed by atoms with E-state index in [0.717, 1.165) is 22.3 Å². The molecule has 0 spiro atoms. The predicted octanol–water partition coefficient (Wildman–Crippen LogP) is 3.05. The Balaban J connectivity index is 2.08. The lowest BCUT2D eigenvalue weighted by molar-refractivity contribution is -0.133. The zero-order valence-corrected chi connectivity index (χ0v) is 18.0. The van der Waals surface area contributed by atoms with E-state index in [-0.39, 0.29) is 27.9 Å². The van der Waals surface area contributed by atoms with E-state index in [9.17, 15) is 18.8 Å². The summed E-state index contributed by atoms with van der Waals surface area (Å²) in [5.41, 5.74) is 3.70. The minimum Gasteiger partial charge on any atom is -0.419 e. The molecular formula is C21H24FN3O4S. The van der Waals surface area contributed by atoms with E-state index in [0.29, 0.717) is 12.7 Å². The fourth-order valence-corrected chi connectivity index (χ4v) is 3.60. The summed E-state index contributed by atoms with van der Waals surface area (Å²) in [6.45, 7) is 6.70. The Morgan fingerprint density at radius 1 is 1.23 bits per heavy atom. The maximum atomic E-state index is 14.1. The number of hydrogen-bond donors (Lipinski definition) is 3. The second-order valence-electron chi connectivity index (χ2n) is 8.07. The quantitative estimate of drug-likeness (QED) is 0.194. The van der Waals surface area contributed by atoms with Gasteiger partial charge in [-0.2, -0.15) is 0 Å². The molecule has 0 bridgehead atoms. The second kappa shape index (κ2) is 8.74. The summed E-state index contributed by atoms with van der Waals surface area (Å²) in [6.07, 6.45) is 1.01. The third-order valence-corrected chi connectivity index (χ3v) is 5.33. The van der Waals surface area contributed by atoms with Crippen molar-refractivity contribution < 1.29 is 23.5 Å². The summed E-state index contributed by atoms with van der Waals surface area (Å²) in [7, 11) is 0. The number of hydrogen-bond acceptors (Lipinski definition) is 6. The van der Waals surface area contributed by atoms with E-state index in [1.54, 1.807) is 39.8 Å². The number of nitrogens with one attached hydrogen (secondary N) is 2. The molecule has 1 heterocycles. The van der Waals surface area contributed by atoms with Crippen LogP contribution in [0.4, 0.5) is 4.39 Å². The molecule has 4 N–H and O–H groups in total. The van der Waals surface area contributed by atoms with Gasteiger partial charge in [0.05, 0.1) is 5.54 Å². The summed E-state index contributed by atoms with van der Waals surface area (Å²) in [4.78, 5) is 36.9. The van der Waals surface area contributed by atoms with Gasteiger partial charge in [0.2, 0.25) is 5.91 Å². The summed E-state index contributed by atoms with van der Waals surface area (Å²) < 4.78 is 19.2. The van der Waals surface area contributed by atoms with Gasteiger partial charge in [0.1, 0.15) is 17.0 Å². The lowest BCUT2D eigenvalue weighted by Gasteiger charge is -2.28. The highest BCUT2D eigenvalue weighted by Crippen LogP contribution is 2.29. The van der Waals surface area contributed by atoms with Gasteiger partial charge in [0.25, 0.3) is 0 Å². The topological polar surface area (TPSA) is 122 Å². The third kappa shape index (κ3) is 5.73. The molecule has 0 aliphatic rings. The van der Waals surface area contributed by atoms with Gasteiger partial charge in [0.15, 0.2) is 11.6 Å². The van der Waals surface area contributed by atoms with Gasteiger partial charge < -0.3 is 20.6 Å². The number of rotatable bonds is 8. The van der Waals surface area contributed by atoms with E-state index in [1.165, 1.54) is 12.1 Å². The van der Waals surface area contributed by atoms with Gasteiger partial charge in [-0.25, -0.2) is 9.18 Å². The van der Waals surface area contributed by atoms with Crippen LogP contribution in [-0.4, -0.2) is 29.5 Å². The highest BCUT2D eigenvalue weighted by molar-refractivity contribution is 7.14. The number of halogens is 1. The number of carbonyl (C=O) groups is 3. The van der Waals surface area contributed by atoms with Crippen LogP contribution in [0.5, 0.6) is 5.75 Å². The van der Waals surface area contributed by atoms with Crippen LogP contribution in [0.15, 0.2) is 30.3 Å². The van der Waals surface area contributed by atoms with Crippen molar-refractivity contribution in [1.82, 2.24) is 5.32 Å². The summed E-state index contributed by atoms with van der Waals surface area (Å²) >= 11 is 1.14. The Hall–Kier alpha value is -3.07. The zero-order chi connectivity index (χ0) is 22.7. The van der Waals surface area contributed by atoms with Crippen LogP contribution < -0.4 is 15.8 Å². The van der Waals surface area contributed by atoms with Crippen molar-refractivity contribution in [3.8, 4) is 5.75 Å². The van der Waals surface area contributed by atoms with Gasteiger partial charge in [-0.05, 0) is 50.6 Å². The molecule has 0 aliphatic carbocycles. The number of nitrogens with two attached hydrogens (primary N) is 1. The maximum Gasteiger partial charge on any atom is 0.353 e. The molecule has 30 heavy (non-hydrogen) atoms. The van der Waals surface area contributed by atoms with E-state index < -0.39 is 22.7 Å². The molecule has 0 saturated carbocycles. The van der Waals surface area contributed by atoms with E-state index in [4.69, 9.17) is 15.9 Å². The molecule has 0 saturated heterocycles. The first-order valence-corrected chi connectivity index (χ1v) is 9.90.